The van der Waals surface area contributed by atoms with Crippen LogP contribution in [0.4, 0.5) is 0 Å². The number of likely N-dealkylation sites (N-methyl/N-ethyl adjacent to an activating group) is 1. The summed E-state index contributed by atoms with van der Waals surface area (Å²) in [6.07, 6.45) is 0.697. The van der Waals surface area contributed by atoms with E-state index in [1.807, 2.05) is 29.2 Å². The maximum absolute atomic E-state index is 12.8. The molecule has 0 aliphatic carbocycles. The number of methoxy groups -OCH3 is 1. The summed E-state index contributed by atoms with van der Waals surface area (Å²) >= 11 is 0. The van der Waals surface area contributed by atoms with E-state index in [-0.39, 0.29) is 11.8 Å². The van der Waals surface area contributed by atoms with E-state index in [1.165, 1.54) is 0 Å². The van der Waals surface area contributed by atoms with E-state index in [9.17, 15) is 9.59 Å². The number of nitrogens with one attached hydrogen (secondary N) is 1. The number of carbonyl (C=O) groups is 2. The normalized spacial score (nSPS) is 15.6. The lowest BCUT2D eigenvalue weighted by atomic mass is 9.90. The average molecular weight is 361 g/mol. The Kier molecular flexibility index (Phi) is 7.03. The standard InChI is InChI=1S/C20H31N3O3/c1-5-22-11-13-23(14-12-22)19(25)20(2,3)18(24)21-10-9-16-7-6-8-17(15-16)26-4/h6-8,15H,5,9-14H2,1-4H3,(H,21,24). The van der Waals surface area contributed by atoms with Crippen LogP contribution in [0.3, 0.4) is 0 Å². The van der Waals surface area contributed by atoms with E-state index in [4.69, 9.17) is 4.74 Å². The zero-order valence-electron chi connectivity index (χ0n) is 16.4. The van der Waals surface area contributed by atoms with Gasteiger partial charge in [0, 0.05) is 32.7 Å². The van der Waals surface area contributed by atoms with Crippen molar-refractivity contribution in [3.05, 3.63) is 29.8 Å². The Morgan fingerprint density at radius 3 is 2.50 bits per heavy atom. The lowest BCUT2D eigenvalue weighted by molar-refractivity contribution is -0.149. The molecule has 0 bridgehead atoms. The predicted molar refractivity (Wildman–Crippen MR) is 102 cm³/mol. The third kappa shape index (κ3) is 4.97. The fraction of sp³-hybridized carbons (Fsp3) is 0.600. The van der Waals surface area contributed by atoms with Gasteiger partial charge in [-0.1, -0.05) is 19.1 Å². The molecule has 1 aliphatic rings. The van der Waals surface area contributed by atoms with Crippen molar-refractivity contribution in [2.24, 2.45) is 5.41 Å². The van der Waals surface area contributed by atoms with Crippen molar-refractivity contribution >= 4 is 11.8 Å². The SMILES string of the molecule is CCN1CCN(C(=O)C(C)(C)C(=O)NCCc2cccc(OC)c2)CC1. The van der Waals surface area contributed by atoms with Crippen LogP contribution in [0.25, 0.3) is 0 Å². The van der Waals surface area contributed by atoms with Crippen LogP contribution in [0.5, 0.6) is 5.75 Å². The Labute approximate surface area is 156 Å². The summed E-state index contributed by atoms with van der Waals surface area (Å²) in [5, 5.41) is 2.91. The van der Waals surface area contributed by atoms with Crippen molar-refractivity contribution in [1.29, 1.82) is 0 Å². The molecule has 26 heavy (non-hydrogen) atoms. The monoisotopic (exact) mass is 361 g/mol. The van der Waals surface area contributed by atoms with Gasteiger partial charge in [0.05, 0.1) is 7.11 Å². The van der Waals surface area contributed by atoms with Crippen LogP contribution in [0.2, 0.25) is 0 Å². The summed E-state index contributed by atoms with van der Waals surface area (Å²) in [7, 11) is 1.63. The number of hydrogen-bond acceptors (Lipinski definition) is 4. The number of benzene rings is 1. The fourth-order valence-corrected chi connectivity index (χ4v) is 3.13. The van der Waals surface area contributed by atoms with Crippen molar-refractivity contribution in [2.45, 2.75) is 27.2 Å². The molecule has 1 aliphatic heterocycles. The molecular formula is C20H31N3O3. The van der Waals surface area contributed by atoms with Crippen molar-refractivity contribution in [1.82, 2.24) is 15.1 Å². The summed E-state index contributed by atoms with van der Waals surface area (Å²) in [6.45, 7) is 10.1. The van der Waals surface area contributed by atoms with Gasteiger partial charge in [0.25, 0.3) is 0 Å². The van der Waals surface area contributed by atoms with Gasteiger partial charge in [0.2, 0.25) is 11.8 Å². The van der Waals surface area contributed by atoms with Gasteiger partial charge in [0.1, 0.15) is 11.2 Å². The molecule has 0 unspecified atom stereocenters. The molecule has 6 nitrogen and oxygen atoms in total. The highest BCUT2D eigenvalue weighted by atomic mass is 16.5. The Morgan fingerprint density at radius 2 is 1.88 bits per heavy atom. The first-order chi connectivity index (χ1) is 12.4. The lowest BCUT2D eigenvalue weighted by Crippen LogP contribution is -2.55. The molecule has 1 saturated heterocycles. The minimum Gasteiger partial charge on any atom is -0.497 e. The van der Waals surface area contributed by atoms with Crippen molar-refractivity contribution < 1.29 is 14.3 Å². The smallest absolute Gasteiger partial charge is 0.237 e. The molecule has 6 heteroatoms. The molecule has 0 aromatic heterocycles. The number of nitrogens with zero attached hydrogens (tertiary/aromatic N) is 2. The number of hydrogen-bond donors (Lipinski definition) is 1. The predicted octanol–water partition coefficient (Wildman–Crippen LogP) is 1.54. The molecule has 1 aromatic carbocycles. The van der Waals surface area contributed by atoms with Gasteiger partial charge in [-0.15, -0.1) is 0 Å². The fourth-order valence-electron chi connectivity index (χ4n) is 3.13. The Hall–Kier alpha value is -2.08. The summed E-state index contributed by atoms with van der Waals surface area (Å²) in [5.41, 5.74) is 0.0347. The van der Waals surface area contributed by atoms with Crippen molar-refractivity contribution in [2.75, 3.05) is 46.4 Å². The van der Waals surface area contributed by atoms with Gasteiger partial charge >= 0.3 is 0 Å². The second-order valence-corrected chi connectivity index (χ2v) is 7.21. The molecule has 2 amide bonds. The molecule has 1 fully saturated rings. The van der Waals surface area contributed by atoms with Crippen LogP contribution in [0, 0.1) is 5.41 Å². The van der Waals surface area contributed by atoms with Crippen LogP contribution in [0.1, 0.15) is 26.3 Å². The summed E-state index contributed by atoms with van der Waals surface area (Å²) in [4.78, 5) is 29.5. The minimum absolute atomic E-state index is 0.0906. The third-order valence-corrected chi connectivity index (χ3v) is 5.04. The van der Waals surface area contributed by atoms with Crippen molar-refractivity contribution in [3.8, 4) is 5.75 Å². The maximum Gasteiger partial charge on any atom is 0.237 e. The van der Waals surface area contributed by atoms with Crippen LogP contribution in [-0.4, -0.2) is 68.0 Å². The van der Waals surface area contributed by atoms with Crippen LogP contribution < -0.4 is 10.1 Å². The first kappa shape index (κ1) is 20.2. The zero-order chi connectivity index (χ0) is 19.2. The molecule has 0 atom stereocenters. The van der Waals surface area contributed by atoms with Gasteiger partial charge in [0.15, 0.2) is 0 Å². The number of piperazine rings is 1. The number of rotatable bonds is 7. The van der Waals surface area contributed by atoms with Crippen molar-refractivity contribution in [3.63, 3.8) is 0 Å². The highest BCUT2D eigenvalue weighted by molar-refractivity contribution is 6.04. The summed E-state index contributed by atoms with van der Waals surface area (Å²) in [5.74, 6) is 0.492. The molecule has 0 saturated carbocycles. The minimum atomic E-state index is -1.05. The quantitative estimate of drug-likeness (QED) is 0.749. The van der Waals surface area contributed by atoms with E-state index in [0.717, 1.165) is 30.9 Å². The van der Waals surface area contributed by atoms with E-state index in [0.29, 0.717) is 26.1 Å². The topological polar surface area (TPSA) is 61.9 Å². The van der Waals surface area contributed by atoms with E-state index < -0.39 is 5.41 Å². The summed E-state index contributed by atoms with van der Waals surface area (Å²) in [6, 6.07) is 7.77. The molecule has 1 heterocycles. The van der Waals surface area contributed by atoms with Gasteiger partial charge < -0.3 is 19.9 Å². The zero-order valence-corrected chi connectivity index (χ0v) is 16.4. The van der Waals surface area contributed by atoms with Gasteiger partial charge in [-0.25, -0.2) is 0 Å². The lowest BCUT2D eigenvalue weighted by Gasteiger charge is -2.37. The largest absolute Gasteiger partial charge is 0.497 e. The highest BCUT2D eigenvalue weighted by Gasteiger charge is 2.39. The molecule has 0 spiro atoms. The number of ether oxygens (including phenoxy) is 1. The molecule has 1 N–H and O–H groups in total. The maximum atomic E-state index is 12.8. The molecule has 0 radical (unpaired) electrons. The molecule has 2 rings (SSSR count). The van der Waals surface area contributed by atoms with E-state index in [1.54, 1.807) is 21.0 Å². The molecule has 1 aromatic rings. The number of amides is 2. The van der Waals surface area contributed by atoms with Gasteiger partial charge in [-0.2, -0.15) is 0 Å². The van der Waals surface area contributed by atoms with Gasteiger partial charge in [-0.05, 0) is 44.5 Å². The Bertz CT molecular complexity index is 622. The van der Waals surface area contributed by atoms with Gasteiger partial charge in [-0.3, -0.25) is 9.59 Å². The van der Waals surface area contributed by atoms with E-state index >= 15 is 0 Å². The Balaban J connectivity index is 1.85. The van der Waals surface area contributed by atoms with E-state index in [2.05, 4.69) is 17.1 Å². The number of carbonyl (C=O) groups excluding carboxylic acids is 2. The molecule has 144 valence electrons. The Morgan fingerprint density at radius 1 is 1.19 bits per heavy atom. The second kappa shape index (κ2) is 9.03. The first-order valence-corrected chi connectivity index (χ1v) is 9.31. The van der Waals surface area contributed by atoms with Crippen LogP contribution in [0.15, 0.2) is 24.3 Å². The summed E-state index contributed by atoms with van der Waals surface area (Å²) < 4.78 is 5.21. The first-order valence-electron chi connectivity index (χ1n) is 9.31. The average Bonchev–Trinajstić information content (AvgIpc) is 2.67. The second-order valence-electron chi connectivity index (χ2n) is 7.21. The highest BCUT2D eigenvalue weighted by Crippen LogP contribution is 2.21. The molecular weight excluding hydrogens is 330 g/mol. The van der Waals surface area contributed by atoms with Crippen LogP contribution >= 0.6 is 0 Å². The van der Waals surface area contributed by atoms with Crippen LogP contribution in [-0.2, 0) is 16.0 Å². The third-order valence-electron chi connectivity index (χ3n) is 5.04.